The Balaban J connectivity index is 2.16. The summed E-state index contributed by atoms with van der Waals surface area (Å²) in [5.41, 5.74) is 1.79. The van der Waals surface area contributed by atoms with Crippen LogP contribution in [0.25, 0.3) is 0 Å². The van der Waals surface area contributed by atoms with Gasteiger partial charge >= 0.3 is 0 Å². The zero-order valence-corrected chi connectivity index (χ0v) is 9.90. The van der Waals surface area contributed by atoms with Crippen LogP contribution in [0, 0.1) is 6.92 Å². The Labute approximate surface area is 100 Å². The van der Waals surface area contributed by atoms with Crippen LogP contribution in [0.15, 0.2) is 41.0 Å². The first-order valence-electron chi connectivity index (χ1n) is 5.41. The van der Waals surface area contributed by atoms with Gasteiger partial charge in [-0.15, -0.1) is 0 Å². The van der Waals surface area contributed by atoms with E-state index in [0.29, 0.717) is 12.2 Å². The van der Waals surface area contributed by atoms with Gasteiger partial charge in [0.15, 0.2) is 5.76 Å². The topological polar surface area (TPSA) is 39.4 Å². The van der Waals surface area contributed by atoms with Crippen LogP contribution in [0.1, 0.15) is 21.7 Å². The third-order valence-corrected chi connectivity index (χ3v) is 2.61. The molecule has 1 aromatic heterocycles. The maximum Gasteiger partial charge on any atom is 0.202 e. The van der Waals surface area contributed by atoms with Crippen molar-refractivity contribution in [2.45, 2.75) is 13.3 Å². The summed E-state index contributed by atoms with van der Waals surface area (Å²) in [7, 11) is 1.61. The summed E-state index contributed by atoms with van der Waals surface area (Å²) in [5, 5.41) is 0. The molecule has 3 heteroatoms. The molecule has 0 saturated carbocycles. The molecule has 0 aliphatic rings. The minimum absolute atomic E-state index is 0.0132. The zero-order valence-electron chi connectivity index (χ0n) is 9.90. The number of hydrogen-bond donors (Lipinski definition) is 0. The monoisotopic (exact) mass is 230 g/mol. The first-order chi connectivity index (χ1) is 8.20. The van der Waals surface area contributed by atoms with Crippen LogP contribution in [0.3, 0.4) is 0 Å². The van der Waals surface area contributed by atoms with Gasteiger partial charge in [-0.1, -0.05) is 12.1 Å². The van der Waals surface area contributed by atoms with Gasteiger partial charge in [-0.05, 0) is 36.2 Å². The van der Waals surface area contributed by atoms with E-state index in [1.165, 1.54) is 6.26 Å². The van der Waals surface area contributed by atoms with Crippen molar-refractivity contribution in [3.05, 3.63) is 53.5 Å². The molecule has 0 amide bonds. The van der Waals surface area contributed by atoms with Crippen LogP contribution >= 0.6 is 0 Å². The second-order valence-corrected chi connectivity index (χ2v) is 3.88. The van der Waals surface area contributed by atoms with Crippen LogP contribution in [0.5, 0.6) is 5.75 Å². The van der Waals surface area contributed by atoms with Crippen LogP contribution in [0.2, 0.25) is 0 Å². The zero-order chi connectivity index (χ0) is 12.3. The molecular formula is C14H14O3. The number of carbonyl (C=O) groups is 1. The van der Waals surface area contributed by atoms with E-state index < -0.39 is 0 Å². The third kappa shape index (κ3) is 2.56. The van der Waals surface area contributed by atoms with Gasteiger partial charge in [0.25, 0.3) is 0 Å². The normalized spacial score (nSPS) is 10.2. The summed E-state index contributed by atoms with van der Waals surface area (Å²) in [5.74, 6) is 1.18. The van der Waals surface area contributed by atoms with Gasteiger partial charge in [0.05, 0.1) is 13.4 Å². The lowest BCUT2D eigenvalue weighted by Gasteiger charge is -2.03. The molecule has 0 fully saturated rings. The van der Waals surface area contributed by atoms with Gasteiger partial charge < -0.3 is 9.15 Å². The maximum absolute atomic E-state index is 12.0. The van der Waals surface area contributed by atoms with E-state index in [1.807, 2.05) is 31.2 Å². The summed E-state index contributed by atoms with van der Waals surface area (Å²) < 4.78 is 10.3. The van der Waals surface area contributed by atoms with Crippen molar-refractivity contribution in [2.24, 2.45) is 0 Å². The Morgan fingerprint density at radius 1 is 1.35 bits per heavy atom. The van der Waals surface area contributed by atoms with Gasteiger partial charge in [0.2, 0.25) is 5.78 Å². The number of benzene rings is 1. The summed E-state index contributed by atoms with van der Waals surface area (Å²) in [4.78, 5) is 12.0. The number of ketones is 1. The lowest BCUT2D eigenvalue weighted by Crippen LogP contribution is -2.03. The molecule has 1 heterocycles. The summed E-state index contributed by atoms with van der Waals surface area (Å²) in [6.07, 6.45) is 1.86. The Morgan fingerprint density at radius 2 is 2.18 bits per heavy atom. The molecule has 2 aromatic rings. The number of rotatable bonds is 4. The maximum atomic E-state index is 12.0. The fraction of sp³-hybridized carbons (Fsp3) is 0.214. The molecule has 0 N–H and O–H groups in total. The van der Waals surface area contributed by atoms with E-state index in [9.17, 15) is 4.79 Å². The van der Waals surface area contributed by atoms with Crippen molar-refractivity contribution < 1.29 is 13.9 Å². The van der Waals surface area contributed by atoms with Crippen molar-refractivity contribution in [1.29, 1.82) is 0 Å². The highest BCUT2D eigenvalue weighted by Crippen LogP contribution is 2.16. The summed E-state index contributed by atoms with van der Waals surface area (Å²) in [6, 6.07) is 9.27. The largest absolute Gasteiger partial charge is 0.497 e. The minimum atomic E-state index is -0.0132. The number of Topliss-reactive ketones (excluding diaryl/α,β-unsaturated/α-hetero) is 1. The molecule has 0 radical (unpaired) electrons. The number of aryl methyl sites for hydroxylation is 1. The molecule has 0 aliphatic heterocycles. The molecule has 1 aromatic carbocycles. The van der Waals surface area contributed by atoms with Crippen LogP contribution in [-0.4, -0.2) is 12.9 Å². The SMILES string of the molecule is COc1cccc(CC(=O)c2occc2C)c1. The molecule has 2 rings (SSSR count). The standard InChI is InChI=1S/C14H14O3/c1-10-6-7-17-14(10)13(15)9-11-4-3-5-12(8-11)16-2/h3-8H,9H2,1-2H3. The molecule has 0 spiro atoms. The fourth-order valence-corrected chi connectivity index (χ4v) is 1.71. The van der Waals surface area contributed by atoms with Crippen molar-refractivity contribution in [1.82, 2.24) is 0 Å². The third-order valence-electron chi connectivity index (χ3n) is 2.61. The van der Waals surface area contributed by atoms with Gasteiger partial charge in [-0.2, -0.15) is 0 Å². The molecule has 0 atom stereocenters. The van der Waals surface area contributed by atoms with Crippen molar-refractivity contribution in [3.63, 3.8) is 0 Å². The first kappa shape index (κ1) is 11.5. The number of hydrogen-bond acceptors (Lipinski definition) is 3. The number of ether oxygens (including phenoxy) is 1. The summed E-state index contributed by atoms with van der Waals surface area (Å²) >= 11 is 0. The van der Waals surface area contributed by atoms with Crippen molar-refractivity contribution >= 4 is 5.78 Å². The predicted molar refractivity (Wildman–Crippen MR) is 64.5 cm³/mol. The molecule has 0 saturated heterocycles. The van der Waals surface area contributed by atoms with Gasteiger partial charge in [0.1, 0.15) is 5.75 Å². The number of methoxy groups -OCH3 is 1. The Hall–Kier alpha value is -2.03. The Morgan fingerprint density at radius 3 is 2.82 bits per heavy atom. The molecule has 0 bridgehead atoms. The van der Waals surface area contributed by atoms with E-state index >= 15 is 0 Å². The Kier molecular flexibility index (Phi) is 3.28. The van der Waals surface area contributed by atoms with Gasteiger partial charge in [-0.3, -0.25) is 4.79 Å². The van der Waals surface area contributed by atoms with Crippen LogP contribution < -0.4 is 4.74 Å². The highest BCUT2D eigenvalue weighted by molar-refractivity contribution is 5.96. The first-order valence-corrected chi connectivity index (χ1v) is 5.41. The summed E-state index contributed by atoms with van der Waals surface area (Å²) in [6.45, 7) is 1.86. The predicted octanol–water partition coefficient (Wildman–Crippen LogP) is 3.02. The fourth-order valence-electron chi connectivity index (χ4n) is 1.71. The van der Waals surface area contributed by atoms with Gasteiger partial charge in [-0.25, -0.2) is 0 Å². The number of furan rings is 1. The van der Waals surface area contributed by atoms with Crippen LogP contribution in [0.4, 0.5) is 0 Å². The smallest absolute Gasteiger partial charge is 0.202 e. The minimum Gasteiger partial charge on any atom is -0.497 e. The molecule has 3 nitrogen and oxygen atoms in total. The average Bonchev–Trinajstić information content (AvgIpc) is 2.76. The van der Waals surface area contributed by atoms with E-state index in [1.54, 1.807) is 13.2 Å². The highest BCUT2D eigenvalue weighted by Gasteiger charge is 2.13. The Bertz CT molecular complexity index is 526. The lowest BCUT2D eigenvalue weighted by molar-refractivity contribution is 0.0965. The second-order valence-electron chi connectivity index (χ2n) is 3.88. The van der Waals surface area contributed by atoms with Gasteiger partial charge in [0, 0.05) is 6.42 Å². The molecular weight excluding hydrogens is 216 g/mol. The lowest BCUT2D eigenvalue weighted by atomic mass is 10.1. The second kappa shape index (κ2) is 4.87. The molecule has 88 valence electrons. The van der Waals surface area contributed by atoms with E-state index in [-0.39, 0.29) is 5.78 Å². The van der Waals surface area contributed by atoms with Crippen molar-refractivity contribution in [2.75, 3.05) is 7.11 Å². The highest BCUT2D eigenvalue weighted by atomic mass is 16.5. The molecule has 0 unspecified atom stereocenters. The van der Waals surface area contributed by atoms with E-state index in [0.717, 1.165) is 16.9 Å². The van der Waals surface area contributed by atoms with Crippen molar-refractivity contribution in [3.8, 4) is 5.75 Å². The average molecular weight is 230 g/mol. The molecule has 17 heavy (non-hydrogen) atoms. The molecule has 0 aliphatic carbocycles. The van der Waals surface area contributed by atoms with E-state index in [4.69, 9.17) is 9.15 Å². The van der Waals surface area contributed by atoms with Crippen LogP contribution in [-0.2, 0) is 6.42 Å². The van der Waals surface area contributed by atoms with E-state index in [2.05, 4.69) is 0 Å². The quantitative estimate of drug-likeness (QED) is 0.758. The number of carbonyl (C=O) groups excluding carboxylic acids is 1.